The fourth-order valence-electron chi connectivity index (χ4n) is 11.0. The summed E-state index contributed by atoms with van der Waals surface area (Å²) in [5, 5.41) is 0. The van der Waals surface area contributed by atoms with E-state index in [1.807, 2.05) is 0 Å². The monoisotopic (exact) mass is 452 g/mol. The van der Waals surface area contributed by atoms with Crippen LogP contribution in [0.2, 0.25) is 0 Å². The van der Waals surface area contributed by atoms with Crippen molar-refractivity contribution in [1.82, 2.24) is 0 Å². The summed E-state index contributed by atoms with van der Waals surface area (Å²) >= 11 is 0. The van der Waals surface area contributed by atoms with Crippen LogP contribution in [0.15, 0.2) is 11.1 Å². The lowest BCUT2D eigenvalue weighted by Gasteiger charge is -2.70. The van der Waals surface area contributed by atoms with Crippen LogP contribution in [-0.2, 0) is 14.3 Å². The average molecular weight is 453 g/mol. The van der Waals surface area contributed by atoms with E-state index in [1.54, 1.807) is 5.57 Å². The van der Waals surface area contributed by atoms with Crippen LogP contribution in [0.3, 0.4) is 0 Å². The molecule has 0 aromatic carbocycles. The molecule has 1 aliphatic heterocycles. The van der Waals surface area contributed by atoms with Gasteiger partial charge in [-0.15, -0.1) is 0 Å². The first-order chi connectivity index (χ1) is 15.3. The zero-order valence-corrected chi connectivity index (χ0v) is 22.0. The highest BCUT2D eigenvalue weighted by molar-refractivity contribution is 5.87. The Bertz CT molecular complexity index is 991. The normalized spacial score (nSPS) is 54.7. The van der Waals surface area contributed by atoms with Crippen molar-refractivity contribution < 1.29 is 14.3 Å². The summed E-state index contributed by atoms with van der Waals surface area (Å²) in [6.45, 7) is 16.7. The summed E-state index contributed by atoms with van der Waals surface area (Å²) in [6, 6.07) is 0. The smallest absolute Gasteiger partial charge is 0.317 e. The number of fused-ring (bicyclic) bond motifs is 5. The van der Waals surface area contributed by atoms with E-state index in [0.29, 0.717) is 23.5 Å². The van der Waals surface area contributed by atoms with Crippen LogP contribution in [-0.4, -0.2) is 17.4 Å². The van der Waals surface area contributed by atoms with Crippen molar-refractivity contribution in [1.29, 1.82) is 0 Å². The molecule has 5 fully saturated rings. The van der Waals surface area contributed by atoms with Gasteiger partial charge in [0.1, 0.15) is 11.4 Å². The molecule has 0 radical (unpaired) electrons. The quantitative estimate of drug-likeness (QED) is 0.292. The van der Waals surface area contributed by atoms with E-state index in [-0.39, 0.29) is 33.0 Å². The number of esters is 1. The number of rotatable bonds is 0. The number of hydrogen-bond donors (Lipinski definition) is 0. The van der Waals surface area contributed by atoms with Gasteiger partial charge < -0.3 is 4.74 Å². The van der Waals surface area contributed by atoms with Crippen LogP contribution >= 0.6 is 0 Å². The van der Waals surface area contributed by atoms with Crippen molar-refractivity contribution in [2.75, 3.05) is 0 Å². The highest BCUT2D eigenvalue weighted by Crippen LogP contribution is 2.76. The molecule has 0 spiro atoms. The molecule has 2 bridgehead atoms. The first-order valence-corrected chi connectivity index (χ1v) is 13.8. The van der Waals surface area contributed by atoms with E-state index in [1.165, 1.54) is 18.4 Å². The van der Waals surface area contributed by atoms with Crippen LogP contribution in [0, 0.1) is 44.8 Å². The fourth-order valence-corrected chi connectivity index (χ4v) is 11.0. The Morgan fingerprint density at radius 2 is 1.52 bits per heavy atom. The van der Waals surface area contributed by atoms with E-state index in [2.05, 4.69) is 48.5 Å². The second-order valence-corrected chi connectivity index (χ2v) is 14.5. The number of ketones is 1. The number of ether oxygens (including phenoxy) is 1. The molecule has 4 saturated carbocycles. The summed E-state index contributed by atoms with van der Waals surface area (Å²) in [5.74, 6) is 2.09. The van der Waals surface area contributed by atoms with Crippen molar-refractivity contribution in [3.8, 4) is 0 Å². The Hall–Kier alpha value is -1.12. The molecular weight excluding hydrogens is 408 g/mol. The van der Waals surface area contributed by atoms with Gasteiger partial charge in [0.2, 0.25) is 0 Å². The molecule has 0 aromatic heterocycles. The molecule has 3 nitrogen and oxygen atoms in total. The fraction of sp³-hybridized carbons (Fsp3) is 0.867. The van der Waals surface area contributed by atoms with Crippen molar-refractivity contribution >= 4 is 11.8 Å². The largest absolute Gasteiger partial charge is 0.454 e. The second kappa shape index (κ2) is 6.16. The van der Waals surface area contributed by atoms with Gasteiger partial charge in [0.25, 0.3) is 0 Å². The minimum absolute atomic E-state index is 0.0781. The summed E-state index contributed by atoms with van der Waals surface area (Å²) in [5.41, 5.74) is 2.68. The van der Waals surface area contributed by atoms with Gasteiger partial charge in [-0.25, -0.2) is 0 Å². The van der Waals surface area contributed by atoms with E-state index in [0.717, 1.165) is 51.4 Å². The molecule has 0 aromatic rings. The molecule has 0 N–H and O–H groups in total. The molecule has 0 unspecified atom stereocenters. The Morgan fingerprint density at radius 1 is 0.788 bits per heavy atom. The molecule has 182 valence electrons. The summed E-state index contributed by atoms with van der Waals surface area (Å²) in [6.07, 6.45) is 10.6. The Balaban J connectivity index is 1.50. The van der Waals surface area contributed by atoms with E-state index >= 15 is 0 Å². The first kappa shape index (κ1) is 22.4. The molecule has 5 aliphatic carbocycles. The molecule has 6 rings (SSSR count). The maximum Gasteiger partial charge on any atom is 0.317 e. The maximum atomic E-state index is 13.4. The number of carbonyl (C=O) groups excluding carboxylic acids is 2. The second-order valence-electron chi connectivity index (χ2n) is 14.5. The average Bonchev–Trinajstić information content (AvgIpc) is 2.92. The minimum Gasteiger partial charge on any atom is -0.454 e. The minimum atomic E-state index is -0.407. The summed E-state index contributed by atoms with van der Waals surface area (Å²) in [4.78, 5) is 26.3. The lowest BCUT2D eigenvalue weighted by Crippen LogP contribution is -2.64. The first-order valence-electron chi connectivity index (χ1n) is 13.8. The highest BCUT2D eigenvalue weighted by atomic mass is 16.6. The van der Waals surface area contributed by atoms with Crippen LogP contribution in [0.25, 0.3) is 0 Å². The van der Waals surface area contributed by atoms with Crippen LogP contribution < -0.4 is 0 Å². The maximum absolute atomic E-state index is 13.4. The van der Waals surface area contributed by atoms with Gasteiger partial charge in [-0.1, -0.05) is 47.1 Å². The van der Waals surface area contributed by atoms with Crippen molar-refractivity contribution in [2.45, 2.75) is 118 Å². The third kappa shape index (κ3) is 2.25. The van der Waals surface area contributed by atoms with Gasteiger partial charge in [-0.2, -0.15) is 0 Å². The number of allylic oxidation sites excluding steroid dienone is 1. The van der Waals surface area contributed by atoms with E-state index in [9.17, 15) is 9.59 Å². The Labute approximate surface area is 200 Å². The van der Waals surface area contributed by atoms with Crippen molar-refractivity contribution in [3.05, 3.63) is 11.1 Å². The SMILES string of the molecule is C[C@@H]1CC[C@]23CC[C@]4(C)C(=C2[C@@]1(C)OC3=O)CC[C@@H]1[C@@]2(C)CCC(=O)C(C)(C)[C@@H]2CC[C@]14C. The lowest BCUT2D eigenvalue weighted by atomic mass is 9.34. The third-order valence-electron chi connectivity index (χ3n) is 13.4. The molecule has 33 heavy (non-hydrogen) atoms. The number of Topliss-reactive ketones (excluding diaryl/α,β-unsaturated/α-hetero) is 1. The molecule has 0 amide bonds. The number of carbonyl (C=O) groups is 2. The summed E-state index contributed by atoms with van der Waals surface area (Å²) < 4.78 is 6.30. The molecule has 3 heteroatoms. The highest BCUT2D eigenvalue weighted by Gasteiger charge is 2.72. The third-order valence-corrected chi connectivity index (χ3v) is 13.4. The standard InChI is InChI=1S/C30H44O3/c1-18-10-15-30-17-16-27(5)19(23(30)29(18,7)33-24(30)32)8-9-21-26(4)13-12-22(31)25(2,3)20(26)11-14-28(21,27)6/h18,20-21H,8-17H2,1-7H3/t18-,20+,21-,26+,27-,28-,29+,30+/m1/s1. The molecular formula is C30H44O3. The lowest BCUT2D eigenvalue weighted by molar-refractivity contribution is -0.184. The van der Waals surface area contributed by atoms with Crippen molar-refractivity contribution in [3.63, 3.8) is 0 Å². The number of hydrogen-bond acceptors (Lipinski definition) is 3. The molecule has 1 heterocycles. The van der Waals surface area contributed by atoms with Crippen LogP contribution in [0.1, 0.15) is 113 Å². The zero-order valence-electron chi connectivity index (χ0n) is 22.0. The summed E-state index contributed by atoms with van der Waals surface area (Å²) in [7, 11) is 0. The zero-order chi connectivity index (χ0) is 23.8. The molecule has 1 saturated heterocycles. The topological polar surface area (TPSA) is 43.4 Å². The van der Waals surface area contributed by atoms with Gasteiger partial charge in [-0.3, -0.25) is 9.59 Å². The van der Waals surface area contributed by atoms with Gasteiger partial charge in [0.05, 0.1) is 5.41 Å². The predicted octanol–water partition coefficient (Wildman–Crippen LogP) is 7.04. The van der Waals surface area contributed by atoms with Gasteiger partial charge in [-0.05, 0) is 104 Å². The van der Waals surface area contributed by atoms with Crippen molar-refractivity contribution in [2.24, 2.45) is 44.8 Å². The predicted molar refractivity (Wildman–Crippen MR) is 129 cm³/mol. The van der Waals surface area contributed by atoms with Gasteiger partial charge in [0.15, 0.2) is 0 Å². The molecule has 6 aliphatic rings. The van der Waals surface area contributed by atoms with Gasteiger partial charge >= 0.3 is 5.97 Å². The Morgan fingerprint density at radius 3 is 2.24 bits per heavy atom. The van der Waals surface area contributed by atoms with E-state index in [4.69, 9.17) is 4.74 Å². The van der Waals surface area contributed by atoms with Crippen LogP contribution in [0.4, 0.5) is 0 Å². The van der Waals surface area contributed by atoms with Crippen LogP contribution in [0.5, 0.6) is 0 Å². The van der Waals surface area contributed by atoms with Gasteiger partial charge in [0, 0.05) is 11.8 Å². The molecule has 8 atom stereocenters. The van der Waals surface area contributed by atoms with E-state index < -0.39 is 5.60 Å². The Kier molecular flexibility index (Phi) is 4.17.